The average molecular weight is 409 g/mol. The van der Waals surface area contributed by atoms with Crippen molar-refractivity contribution in [2.45, 2.75) is 16.3 Å². The molecular weight excluding hydrogens is 399 g/mol. The quantitative estimate of drug-likeness (QED) is 0.737. The minimum absolute atomic E-state index is 0.0756. The molecule has 1 heterocycles. The summed E-state index contributed by atoms with van der Waals surface area (Å²) in [5.74, 6) is 3.23. The molecule has 2 aromatic rings. The number of benzene rings is 2. The van der Waals surface area contributed by atoms with Crippen LogP contribution in [0.4, 0.5) is 13.2 Å². The lowest BCUT2D eigenvalue weighted by molar-refractivity contribution is -0.0377. The number of hydrogen-bond acceptors (Lipinski definition) is 6. The van der Waals surface area contributed by atoms with Crippen molar-refractivity contribution < 1.29 is 36.5 Å². The average Bonchev–Trinajstić information content (AvgIpc) is 2.77. The maximum Gasteiger partial charge on any atom is 0.379 e. The SMILES string of the molecule is N#Cc1cc(F)cc(Oc2ccc3c(c2C#CCO)C(O)C(F)(F)S3(=O)=O)c1. The molecule has 0 radical (unpaired) electrons. The first kappa shape index (κ1) is 19.7. The summed E-state index contributed by atoms with van der Waals surface area (Å²) >= 11 is 0. The molecule has 2 N–H and O–H groups in total. The van der Waals surface area contributed by atoms with Crippen molar-refractivity contribution in [3.63, 3.8) is 0 Å². The molecule has 0 bridgehead atoms. The summed E-state index contributed by atoms with van der Waals surface area (Å²) in [6, 6.07) is 6.58. The Balaban J connectivity index is 2.22. The molecule has 1 aliphatic heterocycles. The van der Waals surface area contributed by atoms with Crippen LogP contribution in [0.1, 0.15) is 22.8 Å². The minimum atomic E-state index is -5.16. The van der Waals surface area contributed by atoms with Crippen LogP contribution in [0.15, 0.2) is 35.2 Å². The van der Waals surface area contributed by atoms with Gasteiger partial charge in [0.15, 0.2) is 6.10 Å². The van der Waals surface area contributed by atoms with Crippen molar-refractivity contribution in [2.24, 2.45) is 0 Å². The van der Waals surface area contributed by atoms with Crippen LogP contribution >= 0.6 is 0 Å². The number of sulfone groups is 1. The van der Waals surface area contributed by atoms with Gasteiger partial charge in [-0.3, -0.25) is 0 Å². The zero-order valence-corrected chi connectivity index (χ0v) is 14.6. The van der Waals surface area contributed by atoms with Crippen LogP contribution in [0.25, 0.3) is 0 Å². The second kappa shape index (κ2) is 6.84. The molecule has 1 unspecified atom stereocenters. The maximum atomic E-state index is 14.1. The predicted octanol–water partition coefficient (Wildman–Crippen LogP) is 2.25. The molecule has 0 aliphatic carbocycles. The molecular formula is C18H10F3NO5S. The standard InChI is InChI=1S/C18H10F3NO5S/c19-11-6-10(9-22)7-12(8-11)27-14-3-4-15-16(13(14)2-1-5-23)17(24)18(20,21)28(15,25)26/h3-4,6-8,17,23-24H,5H2. The number of hydrogen-bond donors (Lipinski definition) is 2. The van der Waals surface area contributed by atoms with E-state index in [1.165, 1.54) is 6.07 Å². The molecule has 1 aliphatic rings. The molecule has 10 heteroatoms. The fraction of sp³-hybridized carbons (Fsp3) is 0.167. The van der Waals surface area contributed by atoms with Crippen molar-refractivity contribution in [1.82, 2.24) is 0 Å². The van der Waals surface area contributed by atoms with E-state index in [0.717, 1.165) is 24.3 Å². The molecule has 2 aromatic carbocycles. The Hall–Kier alpha value is -3.05. The summed E-state index contributed by atoms with van der Waals surface area (Å²) in [6.45, 7) is -0.680. The highest BCUT2D eigenvalue weighted by Gasteiger charge is 2.61. The fourth-order valence-electron chi connectivity index (χ4n) is 2.70. The van der Waals surface area contributed by atoms with E-state index < -0.39 is 49.6 Å². The van der Waals surface area contributed by atoms with E-state index in [0.29, 0.717) is 0 Å². The molecule has 0 aromatic heterocycles. The van der Waals surface area contributed by atoms with Crippen LogP contribution < -0.4 is 4.74 Å². The van der Waals surface area contributed by atoms with Crippen molar-refractivity contribution in [2.75, 3.05) is 6.61 Å². The lowest BCUT2D eigenvalue weighted by atomic mass is 10.0. The lowest BCUT2D eigenvalue weighted by Crippen LogP contribution is -2.28. The van der Waals surface area contributed by atoms with Gasteiger partial charge in [-0.05, 0) is 24.3 Å². The zero-order chi connectivity index (χ0) is 20.7. The van der Waals surface area contributed by atoms with Crippen LogP contribution in [-0.2, 0) is 9.84 Å². The third kappa shape index (κ3) is 2.98. The van der Waals surface area contributed by atoms with Gasteiger partial charge in [0, 0.05) is 11.6 Å². The maximum absolute atomic E-state index is 14.1. The Morgan fingerprint density at radius 2 is 1.96 bits per heavy atom. The second-order valence-electron chi connectivity index (χ2n) is 5.67. The molecule has 0 spiro atoms. The zero-order valence-electron chi connectivity index (χ0n) is 13.8. The van der Waals surface area contributed by atoms with E-state index in [9.17, 15) is 26.7 Å². The van der Waals surface area contributed by atoms with Crippen LogP contribution in [0, 0.1) is 29.0 Å². The minimum Gasteiger partial charge on any atom is -0.456 e. The largest absolute Gasteiger partial charge is 0.456 e. The Kier molecular flexibility index (Phi) is 4.81. The van der Waals surface area contributed by atoms with E-state index in [4.69, 9.17) is 15.1 Å². The summed E-state index contributed by atoms with van der Waals surface area (Å²) in [5, 5.41) is 23.2. The van der Waals surface area contributed by atoms with Crippen LogP contribution in [0.3, 0.4) is 0 Å². The third-order valence-corrected chi connectivity index (χ3v) is 5.80. The topological polar surface area (TPSA) is 108 Å². The van der Waals surface area contributed by atoms with Gasteiger partial charge in [-0.15, -0.1) is 0 Å². The number of fused-ring (bicyclic) bond motifs is 1. The Bertz CT molecular complexity index is 1180. The van der Waals surface area contributed by atoms with Crippen LogP contribution in [0.5, 0.6) is 11.5 Å². The van der Waals surface area contributed by atoms with Gasteiger partial charge in [0.1, 0.15) is 23.9 Å². The number of rotatable bonds is 2. The van der Waals surface area contributed by atoms with Gasteiger partial charge in [-0.1, -0.05) is 11.8 Å². The number of aliphatic hydroxyl groups excluding tert-OH is 2. The monoisotopic (exact) mass is 409 g/mol. The van der Waals surface area contributed by atoms with Gasteiger partial charge in [0.2, 0.25) is 9.84 Å². The smallest absolute Gasteiger partial charge is 0.379 e. The van der Waals surface area contributed by atoms with Crippen molar-refractivity contribution in [3.8, 4) is 29.4 Å². The van der Waals surface area contributed by atoms with E-state index in [-0.39, 0.29) is 17.1 Å². The lowest BCUT2D eigenvalue weighted by Gasteiger charge is -2.14. The number of halogens is 3. The van der Waals surface area contributed by atoms with E-state index in [1.54, 1.807) is 6.07 Å². The molecule has 3 rings (SSSR count). The van der Waals surface area contributed by atoms with Gasteiger partial charge in [-0.25, -0.2) is 12.8 Å². The third-order valence-electron chi connectivity index (χ3n) is 3.93. The van der Waals surface area contributed by atoms with Gasteiger partial charge < -0.3 is 14.9 Å². The first-order valence-corrected chi connectivity index (χ1v) is 9.07. The molecule has 0 amide bonds. The molecule has 0 saturated heterocycles. The Labute approximate surface area is 157 Å². The summed E-state index contributed by atoms with van der Waals surface area (Å²) in [7, 11) is -5.16. The molecule has 0 fully saturated rings. The number of nitrogens with zero attached hydrogens (tertiary/aromatic N) is 1. The van der Waals surface area contributed by atoms with Gasteiger partial charge in [-0.2, -0.15) is 14.0 Å². The summed E-state index contributed by atoms with van der Waals surface area (Å²) in [4.78, 5) is -0.823. The highest BCUT2D eigenvalue weighted by atomic mass is 32.2. The van der Waals surface area contributed by atoms with E-state index in [1.807, 2.05) is 0 Å². The predicted molar refractivity (Wildman–Crippen MR) is 88.7 cm³/mol. The Morgan fingerprint density at radius 1 is 1.25 bits per heavy atom. The normalized spacial score (nSPS) is 18.5. The molecule has 28 heavy (non-hydrogen) atoms. The highest BCUT2D eigenvalue weighted by molar-refractivity contribution is 7.92. The molecule has 1 atom stereocenters. The summed E-state index contributed by atoms with van der Waals surface area (Å²) in [6.07, 6.45) is -2.71. The van der Waals surface area contributed by atoms with Crippen molar-refractivity contribution >= 4 is 9.84 Å². The first-order chi connectivity index (χ1) is 13.1. The summed E-state index contributed by atoms with van der Waals surface area (Å²) < 4.78 is 71.1. The number of ether oxygens (including phenoxy) is 1. The number of alkyl halides is 2. The molecule has 6 nitrogen and oxygen atoms in total. The number of aliphatic hydroxyl groups is 2. The fourth-order valence-corrected chi connectivity index (χ4v) is 4.16. The van der Waals surface area contributed by atoms with Gasteiger partial charge in [0.25, 0.3) is 0 Å². The second-order valence-corrected chi connectivity index (χ2v) is 7.66. The van der Waals surface area contributed by atoms with E-state index in [2.05, 4.69) is 11.8 Å². The Morgan fingerprint density at radius 3 is 2.61 bits per heavy atom. The molecule has 0 saturated carbocycles. The number of nitriles is 1. The van der Waals surface area contributed by atoms with Crippen molar-refractivity contribution in [3.05, 3.63) is 52.8 Å². The van der Waals surface area contributed by atoms with Gasteiger partial charge >= 0.3 is 5.25 Å². The first-order valence-electron chi connectivity index (χ1n) is 7.59. The summed E-state index contributed by atoms with van der Waals surface area (Å²) in [5.41, 5.74) is -1.16. The molecule has 144 valence electrons. The van der Waals surface area contributed by atoms with Gasteiger partial charge in [0.05, 0.1) is 22.1 Å². The van der Waals surface area contributed by atoms with Crippen LogP contribution in [0.2, 0.25) is 0 Å². The van der Waals surface area contributed by atoms with E-state index >= 15 is 0 Å². The van der Waals surface area contributed by atoms with Crippen molar-refractivity contribution in [1.29, 1.82) is 5.26 Å². The highest BCUT2D eigenvalue weighted by Crippen LogP contribution is 2.51. The van der Waals surface area contributed by atoms with Crippen LogP contribution in [-0.4, -0.2) is 30.5 Å².